The maximum atomic E-state index is 13.3. The number of halogens is 1. The van der Waals surface area contributed by atoms with Crippen LogP contribution in [0.5, 0.6) is 0 Å². The topological polar surface area (TPSA) is 73.9 Å². The molecule has 0 aromatic rings. The monoisotopic (exact) mass is 307 g/mol. The highest BCUT2D eigenvalue weighted by Crippen LogP contribution is 1.92. The number of rotatable bonds is 14. The summed E-state index contributed by atoms with van der Waals surface area (Å²) in [6, 6.07) is 0. The quantitative estimate of drug-likeness (QED) is 0.482. The lowest BCUT2D eigenvalue weighted by atomic mass is 10.3. The van der Waals surface area contributed by atoms with E-state index >= 15 is 0 Å². The Labute approximate surface area is 125 Å². The Morgan fingerprint density at radius 1 is 1.00 bits per heavy atom. The molecule has 0 aromatic heterocycles. The van der Waals surface area contributed by atoms with Crippen molar-refractivity contribution < 1.29 is 28.2 Å². The van der Waals surface area contributed by atoms with E-state index in [1.54, 1.807) is 13.8 Å². The molecule has 0 fully saturated rings. The van der Waals surface area contributed by atoms with Crippen LogP contribution in [0.1, 0.15) is 26.7 Å². The zero-order valence-corrected chi connectivity index (χ0v) is 12.9. The summed E-state index contributed by atoms with van der Waals surface area (Å²) >= 11 is 0. The van der Waals surface area contributed by atoms with Gasteiger partial charge in [0.1, 0.15) is 12.8 Å². The van der Waals surface area contributed by atoms with Crippen LogP contribution in [0.25, 0.3) is 0 Å². The first-order valence-corrected chi connectivity index (χ1v) is 7.25. The van der Waals surface area contributed by atoms with Gasteiger partial charge in [-0.05, 0) is 0 Å². The zero-order valence-electron chi connectivity index (χ0n) is 12.9. The molecule has 1 unspecified atom stereocenters. The Morgan fingerprint density at radius 3 is 2.24 bits per heavy atom. The Morgan fingerprint density at radius 2 is 1.62 bits per heavy atom. The van der Waals surface area contributed by atoms with E-state index < -0.39 is 6.17 Å². The van der Waals surface area contributed by atoms with Crippen molar-refractivity contribution in [1.29, 1.82) is 0 Å². The minimum Gasteiger partial charge on any atom is -0.377 e. The molecule has 0 saturated carbocycles. The van der Waals surface area contributed by atoms with E-state index in [-0.39, 0.29) is 38.1 Å². The van der Waals surface area contributed by atoms with Gasteiger partial charge in [0.2, 0.25) is 5.91 Å². The first-order valence-electron chi connectivity index (χ1n) is 7.25. The van der Waals surface area contributed by atoms with Crippen LogP contribution in [-0.2, 0) is 23.8 Å². The number of amides is 1. The summed E-state index contributed by atoms with van der Waals surface area (Å²) in [5.41, 5.74) is 0. The molecule has 1 N–H and O–H groups in total. The lowest BCUT2D eigenvalue weighted by Gasteiger charge is -2.10. The van der Waals surface area contributed by atoms with Crippen molar-refractivity contribution in [2.24, 2.45) is 0 Å². The number of alkyl halides is 1. The average molecular weight is 307 g/mol. The molecule has 0 saturated heterocycles. The standard InChI is InChI=1S/C14H26FNO5/c1-3-13(17)11-21-8-6-19-5-7-20-10-12(15)9-16-14(18)4-2/h12H,3-11H2,1-2H3,(H,16,18). The molecule has 0 aliphatic heterocycles. The molecule has 0 aliphatic rings. The molecule has 0 aliphatic carbocycles. The van der Waals surface area contributed by atoms with Crippen molar-refractivity contribution in [2.75, 3.05) is 46.2 Å². The second-order valence-electron chi connectivity index (χ2n) is 4.39. The van der Waals surface area contributed by atoms with Gasteiger partial charge in [-0.1, -0.05) is 13.8 Å². The van der Waals surface area contributed by atoms with Crippen LogP contribution >= 0.6 is 0 Å². The Hall–Kier alpha value is -1.05. The van der Waals surface area contributed by atoms with Crippen LogP contribution in [-0.4, -0.2) is 64.0 Å². The predicted molar refractivity (Wildman–Crippen MR) is 76.0 cm³/mol. The predicted octanol–water partition coefficient (Wildman–Crippen LogP) is 0.880. The van der Waals surface area contributed by atoms with E-state index in [0.717, 1.165) is 0 Å². The van der Waals surface area contributed by atoms with E-state index in [9.17, 15) is 14.0 Å². The van der Waals surface area contributed by atoms with Crippen LogP contribution in [0.4, 0.5) is 4.39 Å². The van der Waals surface area contributed by atoms with Crippen LogP contribution in [0.2, 0.25) is 0 Å². The number of hydrogen-bond acceptors (Lipinski definition) is 5. The molecule has 6 nitrogen and oxygen atoms in total. The summed E-state index contributed by atoms with van der Waals surface area (Å²) in [5.74, 6) is -0.120. The molecule has 7 heteroatoms. The lowest BCUT2D eigenvalue weighted by Crippen LogP contribution is -2.32. The molecule has 0 bridgehead atoms. The third-order valence-corrected chi connectivity index (χ3v) is 2.54. The van der Waals surface area contributed by atoms with Crippen molar-refractivity contribution in [3.8, 4) is 0 Å². The average Bonchev–Trinajstić information content (AvgIpc) is 2.50. The smallest absolute Gasteiger partial charge is 0.219 e. The van der Waals surface area contributed by atoms with Crippen molar-refractivity contribution in [2.45, 2.75) is 32.9 Å². The molecule has 0 spiro atoms. The molecule has 0 aromatic carbocycles. The summed E-state index contributed by atoms with van der Waals surface area (Å²) in [6.45, 7) is 4.82. The van der Waals surface area contributed by atoms with E-state index in [0.29, 0.717) is 32.7 Å². The fourth-order valence-electron chi connectivity index (χ4n) is 1.25. The molecule has 124 valence electrons. The maximum Gasteiger partial charge on any atom is 0.219 e. The molecule has 1 atom stereocenters. The largest absolute Gasteiger partial charge is 0.377 e. The first-order chi connectivity index (χ1) is 10.1. The van der Waals surface area contributed by atoms with Gasteiger partial charge in [0.25, 0.3) is 0 Å². The van der Waals surface area contributed by atoms with Crippen LogP contribution < -0.4 is 5.32 Å². The first kappa shape index (κ1) is 19.9. The van der Waals surface area contributed by atoms with Crippen molar-refractivity contribution >= 4 is 11.7 Å². The molecule has 1 amide bonds. The van der Waals surface area contributed by atoms with Crippen LogP contribution in [0.3, 0.4) is 0 Å². The van der Waals surface area contributed by atoms with E-state index in [4.69, 9.17) is 14.2 Å². The van der Waals surface area contributed by atoms with Gasteiger partial charge in [0, 0.05) is 12.8 Å². The van der Waals surface area contributed by atoms with Gasteiger partial charge >= 0.3 is 0 Å². The van der Waals surface area contributed by atoms with Crippen molar-refractivity contribution in [1.82, 2.24) is 5.32 Å². The summed E-state index contributed by atoms with van der Waals surface area (Å²) in [6.07, 6.45) is -0.408. The second-order valence-corrected chi connectivity index (χ2v) is 4.39. The normalized spacial score (nSPS) is 12.1. The number of Topliss-reactive ketones (excluding diaryl/α,β-unsaturated/α-hetero) is 1. The summed E-state index contributed by atoms with van der Waals surface area (Å²) in [7, 11) is 0. The van der Waals surface area contributed by atoms with Crippen molar-refractivity contribution in [3.63, 3.8) is 0 Å². The highest BCUT2D eigenvalue weighted by molar-refractivity contribution is 5.79. The number of hydrogen-bond donors (Lipinski definition) is 1. The Kier molecular flexibility index (Phi) is 13.2. The Balaban J connectivity index is 3.24. The molecular formula is C14H26FNO5. The highest BCUT2D eigenvalue weighted by Gasteiger charge is 2.07. The van der Waals surface area contributed by atoms with Gasteiger partial charge in [-0.2, -0.15) is 0 Å². The zero-order chi connectivity index (χ0) is 15.9. The highest BCUT2D eigenvalue weighted by atomic mass is 19.1. The van der Waals surface area contributed by atoms with Crippen LogP contribution in [0, 0.1) is 0 Å². The van der Waals surface area contributed by atoms with Gasteiger partial charge in [-0.25, -0.2) is 4.39 Å². The number of carbonyl (C=O) groups is 2. The minimum absolute atomic E-state index is 0.0349. The fourth-order valence-corrected chi connectivity index (χ4v) is 1.25. The number of ketones is 1. The van der Waals surface area contributed by atoms with Gasteiger partial charge in [-0.15, -0.1) is 0 Å². The van der Waals surface area contributed by atoms with Gasteiger partial charge < -0.3 is 19.5 Å². The number of carbonyl (C=O) groups excluding carboxylic acids is 2. The van der Waals surface area contributed by atoms with Crippen molar-refractivity contribution in [3.05, 3.63) is 0 Å². The summed E-state index contributed by atoms with van der Waals surface area (Å²) < 4.78 is 28.6. The molecule has 0 rings (SSSR count). The van der Waals surface area contributed by atoms with E-state index in [1.165, 1.54) is 0 Å². The summed E-state index contributed by atoms with van der Waals surface area (Å²) in [5, 5.41) is 2.45. The lowest BCUT2D eigenvalue weighted by molar-refractivity contribution is -0.124. The number of ether oxygens (including phenoxy) is 3. The SMILES string of the molecule is CCC(=O)COCCOCCOCC(F)CNC(=O)CC. The third-order valence-electron chi connectivity index (χ3n) is 2.54. The molecular weight excluding hydrogens is 281 g/mol. The van der Waals surface area contributed by atoms with Gasteiger partial charge in [0.15, 0.2) is 5.78 Å². The van der Waals surface area contributed by atoms with E-state index in [1.807, 2.05) is 0 Å². The van der Waals surface area contributed by atoms with E-state index in [2.05, 4.69) is 5.32 Å². The molecule has 0 radical (unpaired) electrons. The van der Waals surface area contributed by atoms with Gasteiger partial charge in [0.05, 0.1) is 39.6 Å². The summed E-state index contributed by atoms with van der Waals surface area (Å²) in [4.78, 5) is 21.8. The maximum absolute atomic E-state index is 13.3. The minimum atomic E-state index is -1.22. The fraction of sp³-hybridized carbons (Fsp3) is 0.857. The van der Waals surface area contributed by atoms with Gasteiger partial charge in [-0.3, -0.25) is 9.59 Å². The van der Waals surface area contributed by atoms with Crippen LogP contribution in [0.15, 0.2) is 0 Å². The Bertz CT molecular complexity index is 289. The number of nitrogens with one attached hydrogen (secondary N) is 1. The molecule has 21 heavy (non-hydrogen) atoms. The second kappa shape index (κ2) is 13.9. The molecule has 0 heterocycles. The third kappa shape index (κ3) is 13.7.